The number of halogens is 3. The number of nitrogens with one attached hydrogen (secondary N) is 1. The van der Waals surface area contributed by atoms with Gasteiger partial charge >= 0.3 is 6.18 Å². The Labute approximate surface area is 121 Å². The van der Waals surface area contributed by atoms with E-state index < -0.39 is 17.8 Å². The number of pyridine rings is 1. The fraction of sp³-hybridized carbons (Fsp3) is 0.267. The SMILES string of the molecule is CCc1ccc(C(NN)c2ccc(C(F)(F)F)cn2)cc1. The van der Waals surface area contributed by atoms with Crippen LogP contribution in [0.3, 0.4) is 0 Å². The zero-order valence-electron chi connectivity index (χ0n) is 11.5. The summed E-state index contributed by atoms with van der Waals surface area (Å²) in [7, 11) is 0. The number of aryl methyl sites for hydroxylation is 1. The number of hydrogen-bond donors (Lipinski definition) is 2. The Kier molecular flexibility index (Phi) is 4.59. The van der Waals surface area contributed by atoms with Gasteiger partial charge in [-0.3, -0.25) is 10.8 Å². The van der Waals surface area contributed by atoms with Gasteiger partial charge in [0.1, 0.15) is 0 Å². The molecule has 1 heterocycles. The molecule has 0 aliphatic rings. The average Bonchev–Trinajstić information content (AvgIpc) is 2.48. The molecule has 1 aromatic heterocycles. The highest BCUT2D eigenvalue weighted by Gasteiger charge is 2.31. The Morgan fingerprint density at radius 2 is 1.81 bits per heavy atom. The second-order valence-corrected chi connectivity index (χ2v) is 4.66. The molecule has 112 valence electrons. The fourth-order valence-electron chi connectivity index (χ4n) is 2.04. The maximum absolute atomic E-state index is 12.5. The summed E-state index contributed by atoms with van der Waals surface area (Å²) in [6.07, 6.45) is -2.65. The van der Waals surface area contributed by atoms with Crippen LogP contribution in [-0.2, 0) is 12.6 Å². The van der Waals surface area contributed by atoms with Crippen LogP contribution in [0.4, 0.5) is 13.2 Å². The van der Waals surface area contributed by atoms with Gasteiger partial charge in [-0.2, -0.15) is 13.2 Å². The van der Waals surface area contributed by atoms with Crippen molar-refractivity contribution in [2.75, 3.05) is 0 Å². The third-order valence-corrected chi connectivity index (χ3v) is 3.30. The molecule has 2 aromatic rings. The lowest BCUT2D eigenvalue weighted by Crippen LogP contribution is -2.29. The second kappa shape index (κ2) is 6.24. The molecule has 6 heteroatoms. The summed E-state index contributed by atoms with van der Waals surface area (Å²) in [6.45, 7) is 2.05. The van der Waals surface area contributed by atoms with Crippen molar-refractivity contribution in [2.24, 2.45) is 5.84 Å². The molecular formula is C15H16F3N3. The van der Waals surface area contributed by atoms with E-state index >= 15 is 0 Å². The van der Waals surface area contributed by atoms with E-state index in [0.29, 0.717) is 5.69 Å². The first-order chi connectivity index (χ1) is 9.95. The summed E-state index contributed by atoms with van der Waals surface area (Å²) in [4.78, 5) is 3.87. The molecule has 21 heavy (non-hydrogen) atoms. The largest absolute Gasteiger partial charge is 0.417 e. The van der Waals surface area contributed by atoms with E-state index in [1.165, 1.54) is 11.6 Å². The van der Waals surface area contributed by atoms with Gasteiger partial charge in [0, 0.05) is 6.20 Å². The molecule has 3 N–H and O–H groups in total. The van der Waals surface area contributed by atoms with Crippen molar-refractivity contribution >= 4 is 0 Å². The normalized spacial score (nSPS) is 13.2. The average molecular weight is 295 g/mol. The van der Waals surface area contributed by atoms with Crippen LogP contribution in [0, 0.1) is 0 Å². The first kappa shape index (κ1) is 15.5. The van der Waals surface area contributed by atoms with Crippen molar-refractivity contribution in [1.82, 2.24) is 10.4 Å². The lowest BCUT2D eigenvalue weighted by atomic mass is 10.0. The highest BCUT2D eigenvalue weighted by atomic mass is 19.4. The number of aromatic nitrogens is 1. The smallest absolute Gasteiger partial charge is 0.271 e. The molecule has 0 amide bonds. The minimum absolute atomic E-state index is 0.440. The molecule has 1 aromatic carbocycles. The van der Waals surface area contributed by atoms with Crippen molar-refractivity contribution < 1.29 is 13.2 Å². The highest BCUT2D eigenvalue weighted by Crippen LogP contribution is 2.29. The predicted octanol–water partition coefficient (Wildman–Crippen LogP) is 3.22. The van der Waals surface area contributed by atoms with Gasteiger partial charge in [-0.25, -0.2) is 5.43 Å². The number of rotatable bonds is 4. The zero-order chi connectivity index (χ0) is 15.5. The minimum atomic E-state index is -4.39. The summed E-state index contributed by atoms with van der Waals surface area (Å²) in [5, 5.41) is 0. The number of alkyl halides is 3. The summed E-state index contributed by atoms with van der Waals surface area (Å²) in [6, 6.07) is 9.60. The minimum Gasteiger partial charge on any atom is -0.271 e. The molecule has 1 atom stereocenters. The monoisotopic (exact) mass is 295 g/mol. The van der Waals surface area contributed by atoms with E-state index in [0.717, 1.165) is 24.2 Å². The predicted molar refractivity (Wildman–Crippen MR) is 74.2 cm³/mol. The van der Waals surface area contributed by atoms with Crippen molar-refractivity contribution in [3.63, 3.8) is 0 Å². The van der Waals surface area contributed by atoms with E-state index in [1.807, 2.05) is 31.2 Å². The van der Waals surface area contributed by atoms with Crippen LogP contribution in [-0.4, -0.2) is 4.98 Å². The van der Waals surface area contributed by atoms with Gasteiger partial charge in [0.15, 0.2) is 0 Å². The molecule has 2 rings (SSSR count). The second-order valence-electron chi connectivity index (χ2n) is 4.66. The molecule has 0 fully saturated rings. The maximum Gasteiger partial charge on any atom is 0.417 e. The Morgan fingerprint density at radius 3 is 2.24 bits per heavy atom. The molecule has 0 aliphatic heterocycles. The first-order valence-electron chi connectivity index (χ1n) is 6.53. The molecule has 0 bridgehead atoms. The fourth-order valence-corrected chi connectivity index (χ4v) is 2.04. The Bertz CT molecular complexity index is 577. The summed E-state index contributed by atoms with van der Waals surface area (Å²) >= 11 is 0. The van der Waals surface area contributed by atoms with E-state index in [-0.39, 0.29) is 0 Å². The number of nitrogens with zero attached hydrogens (tertiary/aromatic N) is 1. The van der Waals surface area contributed by atoms with Gasteiger partial charge in [-0.1, -0.05) is 31.2 Å². The van der Waals surface area contributed by atoms with Crippen molar-refractivity contribution in [2.45, 2.75) is 25.6 Å². The van der Waals surface area contributed by atoms with Crippen LogP contribution < -0.4 is 11.3 Å². The Hall–Kier alpha value is -1.92. The van der Waals surface area contributed by atoms with E-state index in [2.05, 4.69) is 10.4 Å². The molecule has 3 nitrogen and oxygen atoms in total. The number of benzene rings is 1. The van der Waals surface area contributed by atoms with Crippen LogP contribution in [0.15, 0.2) is 42.6 Å². The summed E-state index contributed by atoms with van der Waals surface area (Å²) in [5.41, 5.74) is 4.28. The lowest BCUT2D eigenvalue weighted by Gasteiger charge is -2.17. The van der Waals surface area contributed by atoms with Gasteiger partial charge in [0.25, 0.3) is 0 Å². The van der Waals surface area contributed by atoms with Crippen LogP contribution in [0.1, 0.15) is 35.3 Å². The van der Waals surface area contributed by atoms with Crippen molar-refractivity contribution in [3.8, 4) is 0 Å². The highest BCUT2D eigenvalue weighted by molar-refractivity contribution is 5.31. The number of nitrogens with two attached hydrogens (primary N) is 1. The molecule has 0 aliphatic carbocycles. The number of hydrogen-bond acceptors (Lipinski definition) is 3. The summed E-state index contributed by atoms with van der Waals surface area (Å²) < 4.78 is 37.6. The third kappa shape index (κ3) is 3.59. The molecule has 0 saturated heterocycles. The van der Waals surface area contributed by atoms with Gasteiger partial charge in [-0.15, -0.1) is 0 Å². The van der Waals surface area contributed by atoms with Gasteiger partial charge < -0.3 is 0 Å². The Balaban J connectivity index is 2.28. The quantitative estimate of drug-likeness (QED) is 0.672. The molecule has 0 saturated carbocycles. The topological polar surface area (TPSA) is 50.9 Å². The molecule has 0 spiro atoms. The van der Waals surface area contributed by atoms with Gasteiger partial charge in [-0.05, 0) is 29.7 Å². The van der Waals surface area contributed by atoms with Crippen LogP contribution in [0.5, 0.6) is 0 Å². The van der Waals surface area contributed by atoms with Crippen molar-refractivity contribution in [1.29, 1.82) is 0 Å². The van der Waals surface area contributed by atoms with Crippen molar-refractivity contribution in [3.05, 3.63) is 65.0 Å². The molecule has 1 unspecified atom stereocenters. The Morgan fingerprint density at radius 1 is 1.14 bits per heavy atom. The standard InChI is InChI=1S/C15H16F3N3/c1-2-10-3-5-11(6-4-10)14(21-19)13-8-7-12(9-20-13)15(16,17)18/h3-9,14,21H,2,19H2,1H3. The van der Waals surface area contributed by atoms with Crippen LogP contribution >= 0.6 is 0 Å². The van der Waals surface area contributed by atoms with Gasteiger partial charge in [0.2, 0.25) is 0 Å². The number of hydrazine groups is 1. The third-order valence-electron chi connectivity index (χ3n) is 3.30. The van der Waals surface area contributed by atoms with Crippen LogP contribution in [0.25, 0.3) is 0 Å². The first-order valence-corrected chi connectivity index (χ1v) is 6.53. The van der Waals surface area contributed by atoms with Gasteiger partial charge in [0.05, 0.1) is 17.3 Å². The summed E-state index contributed by atoms with van der Waals surface area (Å²) in [5.74, 6) is 5.52. The lowest BCUT2D eigenvalue weighted by molar-refractivity contribution is -0.137. The maximum atomic E-state index is 12.5. The van der Waals surface area contributed by atoms with E-state index in [1.54, 1.807) is 0 Å². The molecular weight excluding hydrogens is 279 g/mol. The van der Waals surface area contributed by atoms with E-state index in [9.17, 15) is 13.2 Å². The van der Waals surface area contributed by atoms with E-state index in [4.69, 9.17) is 5.84 Å². The molecule has 0 radical (unpaired) electrons. The van der Waals surface area contributed by atoms with Crippen LogP contribution in [0.2, 0.25) is 0 Å². The zero-order valence-corrected chi connectivity index (χ0v) is 11.5.